The fraction of sp³-hybridized carbons (Fsp3) is 0.692. The summed E-state index contributed by atoms with van der Waals surface area (Å²) in [6, 6.07) is 2.97. The highest BCUT2D eigenvalue weighted by Gasteiger charge is 2.51. The van der Waals surface area contributed by atoms with E-state index in [0.29, 0.717) is 31.7 Å². The minimum absolute atomic E-state index is 0.0249. The molecule has 2 heterocycles. The second-order valence-corrected chi connectivity index (χ2v) is 11.3. The van der Waals surface area contributed by atoms with Crippen molar-refractivity contribution in [2.24, 2.45) is 23.7 Å². The normalized spacial score (nSPS) is 31.6. The van der Waals surface area contributed by atoms with Crippen LogP contribution in [-0.2, 0) is 9.59 Å². The third kappa shape index (κ3) is 4.97. The Bertz CT molecular complexity index is 903. The zero-order chi connectivity index (χ0) is 23.9. The van der Waals surface area contributed by atoms with E-state index in [-0.39, 0.29) is 29.3 Å². The number of hydrogen-bond donors (Lipinski definition) is 3. The number of carbonyl (C=O) groups is 3. The lowest BCUT2D eigenvalue weighted by atomic mass is 9.53. The highest BCUT2D eigenvalue weighted by molar-refractivity contribution is 5.97. The number of aromatic nitrogens is 1. The predicted molar refractivity (Wildman–Crippen MR) is 129 cm³/mol. The van der Waals surface area contributed by atoms with Crippen molar-refractivity contribution < 1.29 is 14.4 Å². The third-order valence-corrected chi connectivity index (χ3v) is 8.64. The van der Waals surface area contributed by atoms with Gasteiger partial charge in [0.15, 0.2) is 0 Å². The summed E-state index contributed by atoms with van der Waals surface area (Å²) in [5.41, 5.74) is 0.936. The Kier molecular flexibility index (Phi) is 6.35. The van der Waals surface area contributed by atoms with Gasteiger partial charge in [0.05, 0.1) is 6.04 Å². The van der Waals surface area contributed by atoms with E-state index in [0.717, 1.165) is 42.6 Å². The number of anilines is 1. The van der Waals surface area contributed by atoms with Crippen LogP contribution in [0.15, 0.2) is 18.3 Å². The maximum Gasteiger partial charge on any atom is 0.321 e. The Morgan fingerprint density at radius 3 is 2.21 bits per heavy atom. The SMILES string of the molecule is Cc1ccc(NC(=O)C2CCN(C(C)C(=O)NC(=O)NC34CC5CC(CC(C5)C3)C4)CC2)nc1. The van der Waals surface area contributed by atoms with Gasteiger partial charge in [-0.05, 0) is 108 Å². The fourth-order valence-corrected chi connectivity index (χ4v) is 7.24. The van der Waals surface area contributed by atoms with Gasteiger partial charge in [-0.15, -0.1) is 0 Å². The number of likely N-dealkylation sites (tertiary alicyclic amines) is 1. The van der Waals surface area contributed by atoms with Gasteiger partial charge in [-0.2, -0.15) is 0 Å². The Morgan fingerprint density at radius 1 is 1.03 bits per heavy atom. The number of rotatable bonds is 5. The molecule has 3 N–H and O–H groups in total. The average molecular weight is 468 g/mol. The molecule has 5 aliphatic rings. The van der Waals surface area contributed by atoms with Gasteiger partial charge in [0.25, 0.3) is 0 Å². The van der Waals surface area contributed by atoms with Crippen molar-refractivity contribution in [1.82, 2.24) is 20.5 Å². The van der Waals surface area contributed by atoms with Gasteiger partial charge in [0, 0.05) is 17.7 Å². The molecule has 1 aliphatic heterocycles. The van der Waals surface area contributed by atoms with Crippen LogP contribution in [-0.4, -0.2) is 52.4 Å². The second-order valence-electron chi connectivity index (χ2n) is 11.3. The van der Waals surface area contributed by atoms with Crippen molar-refractivity contribution >= 4 is 23.7 Å². The first-order valence-corrected chi connectivity index (χ1v) is 12.9. The van der Waals surface area contributed by atoms with Crippen LogP contribution in [0.3, 0.4) is 0 Å². The third-order valence-electron chi connectivity index (χ3n) is 8.64. The van der Waals surface area contributed by atoms with Crippen LogP contribution in [0.1, 0.15) is 63.9 Å². The van der Waals surface area contributed by atoms with E-state index in [1.54, 1.807) is 6.20 Å². The molecule has 0 spiro atoms. The summed E-state index contributed by atoms with van der Waals surface area (Å²) in [4.78, 5) is 44.5. The number of amides is 4. The zero-order valence-electron chi connectivity index (χ0n) is 20.3. The summed E-state index contributed by atoms with van der Waals surface area (Å²) < 4.78 is 0. The standard InChI is InChI=1S/C26H37N5O3/c1-16-3-4-22(27-15-16)28-24(33)21-5-7-31(8-6-21)17(2)23(32)29-25(34)30-26-12-18-9-19(13-26)11-20(10-18)14-26/h3-4,15,17-21H,5-14H2,1-2H3,(H,27,28,33)(H2,29,30,32,34). The fourth-order valence-electron chi connectivity index (χ4n) is 7.24. The molecule has 1 aromatic heterocycles. The summed E-state index contributed by atoms with van der Waals surface area (Å²) in [6.45, 7) is 5.08. The van der Waals surface area contributed by atoms with Crippen LogP contribution >= 0.6 is 0 Å². The topological polar surface area (TPSA) is 103 Å². The smallest absolute Gasteiger partial charge is 0.321 e. The van der Waals surface area contributed by atoms with E-state index in [2.05, 4.69) is 25.8 Å². The molecule has 34 heavy (non-hydrogen) atoms. The first-order chi connectivity index (χ1) is 16.3. The quantitative estimate of drug-likeness (QED) is 0.617. The summed E-state index contributed by atoms with van der Waals surface area (Å²) >= 11 is 0. The number of aryl methyl sites for hydroxylation is 1. The van der Waals surface area contributed by atoms with Crippen molar-refractivity contribution in [3.05, 3.63) is 23.9 Å². The molecule has 8 heteroatoms. The maximum absolute atomic E-state index is 12.8. The lowest BCUT2D eigenvalue weighted by Crippen LogP contribution is -2.62. The van der Waals surface area contributed by atoms with Crippen LogP contribution in [0.2, 0.25) is 0 Å². The Labute approximate surface area is 201 Å². The van der Waals surface area contributed by atoms with Gasteiger partial charge in [-0.3, -0.25) is 19.8 Å². The largest absolute Gasteiger partial charge is 0.332 e. The molecule has 6 rings (SSSR count). The van der Waals surface area contributed by atoms with Gasteiger partial charge in [0.1, 0.15) is 5.82 Å². The number of nitrogens with one attached hydrogen (secondary N) is 3. The minimum atomic E-state index is -0.412. The summed E-state index contributed by atoms with van der Waals surface area (Å²) in [6.07, 6.45) is 10.2. The summed E-state index contributed by atoms with van der Waals surface area (Å²) in [5, 5.41) is 8.71. The molecule has 184 valence electrons. The van der Waals surface area contributed by atoms with Crippen LogP contribution in [0.25, 0.3) is 0 Å². The van der Waals surface area contributed by atoms with Gasteiger partial charge < -0.3 is 10.6 Å². The highest BCUT2D eigenvalue weighted by atomic mass is 16.2. The molecule has 0 aromatic carbocycles. The zero-order valence-corrected chi connectivity index (χ0v) is 20.3. The molecular formula is C26H37N5O3. The molecule has 0 radical (unpaired) electrons. The van der Waals surface area contributed by atoms with E-state index < -0.39 is 6.04 Å². The molecule has 1 saturated heterocycles. The minimum Gasteiger partial charge on any atom is -0.332 e. The number of carbonyl (C=O) groups excluding carboxylic acids is 3. The molecule has 1 unspecified atom stereocenters. The monoisotopic (exact) mass is 467 g/mol. The molecule has 4 aliphatic carbocycles. The average Bonchev–Trinajstić information content (AvgIpc) is 2.78. The van der Waals surface area contributed by atoms with E-state index in [4.69, 9.17) is 0 Å². The Morgan fingerprint density at radius 2 is 1.65 bits per heavy atom. The second kappa shape index (κ2) is 9.29. The first kappa shape index (κ1) is 23.3. The van der Waals surface area contributed by atoms with E-state index in [1.807, 2.05) is 26.0 Å². The first-order valence-electron chi connectivity index (χ1n) is 12.9. The highest BCUT2D eigenvalue weighted by Crippen LogP contribution is 2.55. The molecule has 8 nitrogen and oxygen atoms in total. The molecule has 1 aromatic rings. The number of hydrogen-bond acceptors (Lipinski definition) is 5. The van der Waals surface area contributed by atoms with Gasteiger partial charge in [0.2, 0.25) is 11.8 Å². The van der Waals surface area contributed by atoms with Crippen molar-refractivity contribution in [3.63, 3.8) is 0 Å². The van der Waals surface area contributed by atoms with E-state index >= 15 is 0 Å². The number of pyridine rings is 1. The number of imide groups is 1. The lowest BCUT2D eigenvalue weighted by Gasteiger charge is -2.56. The van der Waals surface area contributed by atoms with Crippen molar-refractivity contribution in [2.45, 2.75) is 76.8 Å². The van der Waals surface area contributed by atoms with Crippen LogP contribution in [0.4, 0.5) is 10.6 Å². The van der Waals surface area contributed by atoms with E-state index in [1.165, 1.54) is 19.3 Å². The van der Waals surface area contributed by atoms with Crippen LogP contribution < -0.4 is 16.0 Å². The predicted octanol–water partition coefficient (Wildman–Crippen LogP) is 3.22. The van der Waals surface area contributed by atoms with Crippen molar-refractivity contribution in [1.29, 1.82) is 0 Å². The lowest BCUT2D eigenvalue weighted by molar-refractivity contribution is -0.126. The van der Waals surface area contributed by atoms with Gasteiger partial charge in [-0.1, -0.05) is 6.07 Å². The molecule has 4 saturated carbocycles. The molecule has 4 amide bonds. The number of nitrogens with zero attached hydrogens (tertiary/aromatic N) is 2. The van der Waals surface area contributed by atoms with Crippen LogP contribution in [0.5, 0.6) is 0 Å². The van der Waals surface area contributed by atoms with E-state index in [9.17, 15) is 14.4 Å². The number of urea groups is 1. The molecular weight excluding hydrogens is 430 g/mol. The molecule has 4 bridgehead atoms. The molecule has 5 fully saturated rings. The van der Waals surface area contributed by atoms with Crippen molar-refractivity contribution in [2.75, 3.05) is 18.4 Å². The molecule has 1 atom stereocenters. The summed E-state index contributed by atoms with van der Waals surface area (Å²) in [5.74, 6) is 2.38. The van der Waals surface area contributed by atoms with Gasteiger partial charge in [-0.25, -0.2) is 9.78 Å². The summed E-state index contributed by atoms with van der Waals surface area (Å²) in [7, 11) is 0. The van der Waals surface area contributed by atoms with Crippen LogP contribution in [0, 0.1) is 30.6 Å². The maximum atomic E-state index is 12.8. The number of piperidine rings is 1. The Balaban J connectivity index is 1.08. The van der Waals surface area contributed by atoms with Crippen molar-refractivity contribution in [3.8, 4) is 0 Å². The van der Waals surface area contributed by atoms with Gasteiger partial charge >= 0.3 is 6.03 Å². The Hall–Kier alpha value is -2.48.